The van der Waals surface area contributed by atoms with E-state index in [0.717, 1.165) is 4.90 Å². The molecule has 2 aliphatic heterocycles. The summed E-state index contributed by atoms with van der Waals surface area (Å²) in [6.45, 7) is 6.05. The summed E-state index contributed by atoms with van der Waals surface area (Å²) in [6, 6.07) is 6.65. The fourth-order valence-electron chi connectivity index (χ4n) is 3.91. The summed E-state index contributed by atoms with van der Waals surface area (Å²) in [6.07, 6.45) is 1.59. The molecule has 27 heavy (non-hydrogen) atoms. The summed E-state index contributed by atoms with van der Waals surface area (Å²) in [5.74, 6) is 0.135. The van der Waals surface area contributed by atoms with Gasteiger partial charge in [-0.05, 0) is 38.1 Å². The number of likely N-dealkylation sites (tertiary alicyclic amines) is 1. The highest BCUT2D eigenvalue weighted by Gasteiger charge is 2.47. The van der Waals surface area contributed by atoms with Crippen molar-refractivity contribution in [3.05, 3.63) is 24.3 Å². The number of hydrogen-bond donors (Lipinski definition) is 1. The zero-order valence-corrected chi connectivity index (χ0v) is 15.9. The minimum atomic E-state index is -0.368. The third-order valence-corrected chi connectivity index (χ3v) is 5.29. The Kier molecular flexibility index (Phi) is 6.11. The number of piperidine rings is 1. The van der Waals surface area contributed by atoms with E-state index in [2.05, 4.69) is 0 Å². The van der Waals surface area contributed by atoms with Crippen molar-refractivity contribution in [2.45, 2.75) is 39.2 Å². The molecule has 3 rings (SSSR count). The van der Waals surface area contributed by atoms with E-state index in [0.29, 0.717) is 50.6 Å². The lowest BCUT2D eigenvalue weighted by Crippen LogP contribution is -3.17. The van der Waals surface area contributed by atoms with Crippen LogP contribution in [0, 0.1) is 5.92 Å². The molecule has 2 heterocycles. The highest BCUT2D eigenvalue weighted by molar-refractivity contribution is 6.21. The smallest absolute Gasteiger partial charge is 0.309 e. The van der Waals surface area contributed by atoms with Gasteiger partial charge in [-0.1, -0.05) is 0 Å². The standard InChI is InChI=1S/C20H26N2O5/c1-3-26-16-7-5-15(6-8-16)22-18(23)13-17(19(22)24)21-11-9-14(10-12-21)20(25)27-4-2/h5-8,14,17H,3-4,9-13H2,1-2H3/p+1/t17-/m1/s1. The number of nitrogens with zero attached hydrogens (tertiary/aromatic N) is 1. The normalized spacial score (nSPS) is 25.6. The minimum Gasteiger partial charge on any atom is -0.494 e. The Morgan fingerprint density at radius 1 is 1.11 bits per heavy atom. The zero-order valence-electron chi connectivity index (χ0n) is 15.9. The van der Waals surface area contributed by atoms with E-state index in [1.54, 1.807) is 31.2 Å². The number of benzene rings is 1. The lowest BCUT2D eigenvalue weighted by molar-refractivity contribution is -0.920. The first kappa shape index (κ1) is 19.4. The third kappa shape index (κ3) is 4.13. The monoisotopic (exact) mass is 375 g/mol. The van der Waals surface area contributed by atoms with Gasteiger partial charge in [0.15, 0.2) is 6.04 Å². The van der Waals surface area contributed by atoms with E-state index in [9.17, 15) is 14.4 Å². The number of ether oxygens (including phenoxy) is 2. The van der Waals surface area contributed by atoms with Crippen molar-refractivity contribution in [3.8, 4) is 5.75 Å². The SMILES string of the molecule is CCOC(=O)C1CC[NH+]([C@@H]2CC(=O)N(c3ccc(OCC)cc3)C2=O)CC1. The van der Waals surface area contributed by atoms with Crippen molar-refractivity contribution in [1.29, 1.82) is 0 Å². The Morgan fingerprint density at radius 2 is 1.78 bits per heavy atom. The fraction of sp³-hybridized carbons (Fsp3) is 0.550. The first-order chi connectivity index (χ1) is 13.0. The molecule has 1 aromatic rings. The summed E-state index contributed by atoms with van der Waals surface area (Å²) in [4.78, 5) is 39.6. The second kappa shape index (κ2) is 8.52. The summed E-state index contributed by atoms with van der Waals surface area (Å²) >= 11 is 0. The number of anilines is 1. The maximum atomic E-state index is 12.9. The second-order valence-electron chi connectivity index (χ2n) is 6.94. The molecule has 7 nitrogen and oxygen atoms in total. The van der Waals surface area contributed by atoms with Crippen LogP contribution in [0.2, 0.25) is 0 Å². The van der Waals surface area contributed by atoms with Gasteiger partial charge in [0.25, 0.3) is 5.91 Å². The van der Waals surface area contributed by atoms with Gasteiger partial charge >= 0.3 is 5.97 Å². The second-order valence-corrected chi connectivity index (χ2v) is 6.94. The molecule has 2 saturated heterocycles. The largest absolute Gasteiger partial charge is 0.494 e. The molecule has 2 aliphatic rings. The van der Waals surface area contributed by atoms with Crippen LogP contribution in [-0.4, -0.2) is 50.1 Å². The van der Waals surface area contributed by atoms with E-state index < -0.39 is 0 Å². The maximum absolute atomic E-state index is 12.9. The Balaban J connectivity index is 1.63. The Morgan fingerprint density at radius 3 is 2.37 bits per heavy atom. The molecule has 0 radical (unpaired) electrons. The molecule has 0 spiro atoms. The molecule has 146 valence electrons. The Hall–Kier alpha value is -2.41. The van der Waals surface area contributed by atoms with Crippen LogP contribution in [0.1, 0.15) is 33.1 Å². The van der Waals surface area contributed by atoms with Crippen molar-refractivity contribution in [1.82, 2.24) is 0 Å². The van der Waals surface area contributed by atoms with Gasteiger partial charge in [0.1, 0.15) is 5.75 Å². The van der Waals surface area contributed by atoms with Crippen LogP contribution in [0.25, 0.3) is 0 Å². The molecule has 1 aromatic carbocycles. The number of nitrogens with one attached hydrogen (secondary N) is 1. The van der Waals surface area contributed by atoms with Gasteiger partial charge in [-0.3, -0.25) is 14.4 Å². The Labute approximate surface area is 159 Å². The number of amides is 2. The summed E-state index contributed by atoms with van der Waals surface area (Å²) < 4.78 is 10.5. The van der Waals surface area contributed by atoms with E-state index in [1.165, 1.54) is 4.90 Å². The molecule has 7 heteroatoms. The molecular weight excluding hydrogens is 348 g/mol. The molecule has 0 aromatic heterocycles. The highest BCUT2D eigenvalue weighted by atomic mass is 16.5. The third-order valence-electron chi connectivity index (χ3n) is 5.29. The number of imide groups is 1. The van der Waals surface area contributed by atoms with E-state index in [-0.39, 0.29) is 36.2 Å². The van der Waals surface area contributed by atoms with Crippen molar-refractivity contribution in [2.75, 3.05) is 31.2 Å². The number of hydrogen-bond acceptors (Lipinski definition) is 5. The van der Waals surface area contributed by atoms with Crippen molar-refractivity contribution < 1.29 is 28.8 Å². The molecule has 2 fully saturated rings. The van der Waals surface area contributed by atoms with Crippen LogP contribution in [-0.2, 0) is 19.1 Å². The molecular formula is C20H27N2O5+. The summed E-state index contributed by atoms with van der Waals surface area (Å²) in [7, 11) is 0. The van der Waals surface area contributed by atoms with Crippen molar-refractivity contribution in [3.63, 3.8) is 0 Å². The summed E-state index contributed by atoms with van der Waals surface area (Å²) in [5, 5.41) is 0. The number of quaternary nitrogens is 1. The number of rotatable bonds is 6. The number of carbonyl (C=O) groups excluding carboxylic acids is 3. The molecule has 0 bridgehead atoms. The first-order valence-corrected chi connectivity index (χ1v) is 9.66. The zero-order chi connectivity index (χ0) is 19.4. The molecule has 0 saturated carbocycles. The van der Waals surface area contributed by atoms with Gasteiger partial charge in [0.2, 0.25) is 5.91 Å². The summed E-state index contributed by atoms with van der Waals surface area (Å²) in [5.41, 5.74) is 0.580. The fourth-order valence-corrected chi connectivity index (χ4v) is 3.91. The first-order valence-electron chi connectivity index (χ1n) is 9.66. The number of carbonyl (C=O) groups is 3. The van der Waals surface area contributed by atoms with Gasteiger partial charge in [-0.15, -0.1) is 0 Å². The van der Waals surface area contributed by atoms with Crippen molar-refractivity contribution >= 4 is 23.5 Å². The van der Waals surface area contributed by atoms with Crippen LogP contribution >= 0.6 is 0 Å². The topological polar surface area (TPSA) is 77.3 Å². The Bertz CT molecular complexity index is 695. The van der Waals surface area contributed by atoms with Crippen LogP contribution in [0.3, 0.4) is 0 Å². The molecule has 0 unspecified atom stereocenters. The molecule has 1 N–H and O–H groups in total. The van der Waals surface area contributed by atoms with E-state index >= 15 is 0 Å². The lowest BCUT2D eigenvalue weighted by Gasteiger charge is -2.31. The maximum Gasteiger partial charge on any atom is 0.309 e. The molecule has 1 atom stereocenters. The van der Waals surface area contributed by atoms with Crippen LogP contribution in [0.15, 0.2) is 24.3 Å². The molecule has 0 aliphatic carbocycles. The molecule has 2 amide bonds. The van der Waals surface area contributed by atoms with Gasteiger partial charge in [-0.2, -0.15) is 0 Å². The van der Waals surface area contributed by atoms with Gasteiger partial charge in [-0.25, -0.2) is 4.90 Å². The average molecular weight is 375 g/mol. The number of esters is 1. The van der Waals surface area contributed by atoms with Crippen LogP contribution < -0.4 is 14.5 Å². The van der Waals surface area contributed by atoms with E-state index in [4.69, 9.17) is 9.47 Å². The van der Waals surface area contributed by atoms with Gasteiger partial charge < -0.3 is 14.4 Å². The van der Waals surface area contributed by atoms with Crippen LogP contribution in [0.5, 0.6) is 5.75 Å². The predicted octanol–water partition coefficient (Wildman–Crippen LogP) is 0.575. The van der Waals surface area contributed by atoms with Crippen LogP contribution in [0.4, 0.5) is 5.69 Å². The average Bonchev–Trinajstić information content (AvgIpc) is 2.97. The van der Waals surface area contributed by atoms with Crippen molar-refractivity contribution in [2.24, 2.45) is 5.92 Å². The minimum absolute atomic E-state index is 0.0943. The van der Waals surface area contributed by atoms with Gasteiger partial charge in [0.05, 0.1) is 44.3 Å². The van der Waals surface area contributed by atoms with E-state index in [1.807, 2.05) is 6.92 Å². The lowest BCUT2D eigenvalue weighted by atomic mass is 9.95. The quantitative estimate of drug-likeness (QED) is 0.581. The highest BCUT2D eigenvalue weighted by Crippen LogP contribution is 2.25. The predicted molar refractivity (Wildman–Crippen MR) is 98.6 cm³/mol. The van der Waals surface area contributed by atoms with Gasteiger partial charge in [0, 0.05) is 12.8 Å².